The van der Waals surface area contributed by atoms with Crippen molar-refractivity contribution in [2.24, 2.45) is 5.73 Å². The number of amides is 1. The van der Waals surface area contributed by atoms with Gasteiger partial charge in [0.25, 0.3) is 0 Å². The van der Waals surface area contributed by atoms with E-state index in [0.717, 1.165) is 16.9 Å². The summed E-state index contributed by atoms with van der Waals surface area (Å²) in [5, 5.41) is 7.48. The molecule has 0 fully saturated rings. The monoisotopic (exact) mass is 286 g/mol. The van der Waals surface area contributed by atoms with E-state index in [9.17, 15) is 4.79 Å². The molecule has 5 nitrogen and oxygen atoms in total. The number of hydrogen-bond acceptors (Lipinski definition) is 3. The Bertz CT molecular complexity index is 653. The van der Waals surface area contributed by atoms with Crippen LogP contribution in [-0.4, -0.2) is 22.2 Å². The van der Waals surface area contributed by atoms with Gasteiger partial charge in [-0.05, 0) is 18.6 Å². The first-order valence-corrected chi connectivity index (χ1v) is 6.99. The molecule has 0 spiro atoms. The Morgan fingerprint density at radius 3 is 2.57 bits per heavy atom. The number of nitrogens with zero attached hydrogens (tertiary/aromatic N) is 2. The average molecular weight is 286 g/mol. The molecule has 2 aromatic rings. The normalized spacial score (nSPS) is 11.5. The summed E-state index contributed by atoms with van der Waals surface area (Å²) in [5.74, 6) is 0.412. The molecule has 3 N–H and O–H groups in total. The maximum absolute atomic E-state index is 11.6. The molecule has 1 aromatic carbocycles. The van der Waals surface area contributed by atoms with Crippen molar-refractivity contribution in [1.82, 2.24) is 9.78 Å². The Kier molecular flexibility index (Phi) is 4.14. The molecular formula is C16H22N4O. The number of aromatic nitrogens is 2. The van der Waals surface area contributed by atoms with E-state index in [2.05, 4.69) is 31.2 Å². The lowest BCUT2D eigenvalue weighted by molar-refractivity contribution is -0.114. The number of rotatable bonds is 3. The molecule has 0 atom stereocenters. The van der Waals surface area contributed by atoms with Gasteiger partial charge in [0, 0.05) is 11.5 Å². The molecule has 0 radical (unpaired) electrons. The van der Waals surface area contributed by atoms with E-state index in [0.29, 0.717) is 5.82 Å². The van der Waals surface area contributed by atoms with Crippen molar-refractivity contribution in [2.45, 2.75) is 33.1 Å². The van der Waals surface area contributed by atoms with Gasteiger partial charge < -0.3 is 11.1 Å². The molecular weight excluding hydrogens is 264 g/mol. The topological polar surface area (TPSA) is 72.9 Å². The zero-order valence-corrected chi connectivity index (χ0v) is 13.0. The SMILES string of the molecule is Cc1ccccc1-n1nc(C(C)(C)C)cc1NC(=O)CN. The summed E-state index contributed by atoms with van der Waals surface area (Å²) < 4.78 is 1.77. The van der Waals surface area contributed by atoms with Gasteiger partial charge in [-0.15, -0.1) is 0 Å². The molecule has 0 saturated heterocycles. The van der Waals surface area contributed by atoms with Crippen LogP contribution in [0, 0.1) is 6.92 Å². The van der Waals surface area contributed by atoms with E-state index in [1.165, 1.54) is 0 Å². The first-order valence-electron chi connectivity index (χ1n) is 6.99. The fourth-order valence-corrected chi connectivity index (χ4v) is 2.02. The predicted molar refractivity (Wildman–Crippen MR) is 84.7 cm³/mol. The van der Waals surface area contributed by atoms with Crippen LogP contribution < -0.4 is 11.1 Å². The lowest BCUT2D eigenvalue weighted by Gasteiger charge is -2.14. The van der Waals surface area contributed by atoms with Crippen LogP contribution in [0.3, 0.4) is 0 Å². The van der Waals surface area contributed by atoms with E-state index >= 15 is 0 Å². The van der Waals surface area contributed by atoms with Gasteiger partial charge >= 0.3 is 0 Å². The summed E-state index contributed by atoms with van der Waals surface area (Å²) in [5.41, 5.74) is 8.24. The van der Waals surface area contributed by atoms with Crippen LogP contribution in [0.25, 0.3) is 5.69 Å². The summed E-state index contributed by atoms with van der Waals surface area (Å²) in [6.45, 7) is 8.23. The van der Waals surface area contributed by atoms with Crippen LogP contribution in [0.1, 0.15) is 32.0 Å². The van der Waals surface area contributed by atoms with Crippen LogP contribution in [0.15, 0.2) is 30.3 Å². The van der Waals surface area contributed by atoms with E-state index in [4.69, 9.17) is 5.73 Å². The van der Waals surface area contributed by atoms with E-state index < -0.39 is 0 Å². The van der Waals surface area contributed by atoms with Crippen LogP contribution in [0.5, 0.6) is 0 Å². The highest BCUT2D eigenvalue weighted by molar-refractivity contribution is 5.91. The van der Waals surface area contributed by atoms with Crippen LogP contribution in [0.2, 0.25) is 0 Å². The number of aryl methyl sites for hydroxylation is 1. The van der Waals surface area contributed by atoms with Gasteiger partial charge in [-0.3, -0.25) is 4.79 Å². The molecule has 1 heterocycles. The van der Waals surface area contributed by atoms with Crippen molar-refractivity contribution in [3.8, 4) is 5.69 Å². The summed E-state index contributed by atoms with van der Waals surface area (Å²) in [6.07, 6.45) is 0. The smallest absolute Gasteiger partial charge is 0.239 e. The van der Waals surface area contributed by atoms with Crippen molar-refractivity contribution in [3.63, 3.8) is 0 Å². The highest BCUT2D eigenvalue weighted by Crippen LogP contribution is 2.27. The molecule has 5 heteroatoms. The first-order chi connectivity index (χ1) is 9.82. The Morgan fingerprint density at radius 2 is 2.00 bits per heavy atom. The summed E-state index contributed by atoms with van der Waals surface area (Å²) in [7, 11) is 0. The van der Waals surface area contributed by atoms with Crippen molar-refractivity contribution < 1.29 is 4.79 Å². The standard InChI is InChI=1S/C16H22N4O/c1-11-7-5-6-8-12(11)20-14(18-15(21)10-17)9-13(19-20)16(2,3)4/h5-9H,10,17H2,1-4H3,(H,18,21). The third-order valence-electron chi connectivity index (χ3n) is 3.27. The van der Waals surface area contributed by atoms with E-state index in [1.807, 2.05) is 37.3 Å². The van der Waals surface area contributed by atoms with E-state index in [-0.39, 0.29) is 17.9 Å². The Balaban J connectivity index is 2.55. The van der Waals surface area contributed by atoms with Gasteiger partial charge in [0.05, 0.1) is 17.9 Å². The van der Waals surface area contributed by atoms with Gasteiger partial charge in [-0.25, -0.2) is 4.68 Å². The minimum Gasteiger partial charge on any atom is -0.322 e. The molecule has 21 heavy (non-hydrogen) atoms. The van der Waals surface area contributed by atoms with Crippen molar-refractivity contribution in [3.05, 3.63) is 41.6 Å². The van der Waals surface area contributed by atoms with E-state index in [1.54, 1.807) is 4.68 Å². The second kappa shape index (κ2) is 5.69. The number of para-hydroxylation sites is 1. The van der Waals surface area contributed by atoms with Gasteiger partial charge in [-0.1, -0.05) is 39.0 Å². The molecule has 0 aliphatic carbocycles. The lowest BCUT2D eigenvalue weighted by Crippen LogP contribution is -2.23. The molecule has 0 aliphatic rings. The van der Waals surface area contributed by atoms with Gasteiger partial charge in [-0.2, -0.15) is 5.10 Å². The molecule has 0 bridgehead atoms. The quantitative estimate of drug-likeness (QED) is 0.910. The van der Waals surface area contributed by atoms with Crippen LogP contribution >= 0.6 is 0 Å². The van der Waals surface area contributed by atoms with Crippen LogP contribution in [-0.2, 0) is 10.2 Å². The average Bonchev–Trinajstić information content (AvgIpc) is 2.83. The Morgan fingerprint density at radius 1 is 1.33 bits per heavy atom. The zero-order chi connectivity index (χ0) is 15.6. The largest absolute Gasteiger partial charge is 0.322 e. The van der Waals surface area contributed by atoms with Crippen LogP contribution in [0.4, 0.5) is 5.82 Å². The second-order valence-corrected chi connectivity index (χ2v) is 6.12. The summed E-state index contributed by atoms with van der Waals surface area (Å²) in [6, 6.07) is 9.83. The minimum atomic E-state index is -0.231. The number of benzene rings is 1. The second-order valence-electron chi connectivity index (χ2n) is 6.12. The fraction of sp³-hybridized carbons (Fsp3) is 0.375. The Labute approximate surface area is 125 Å². The first kappa shape index (κ1) is 15.3. The molecule has 0 unspecified atom stereocenters. The van der Waals surface area contributed by atoms with Gasteiger partial charge in [0.1, 0.15) is 5.82 Å². The third-order valence-corrected chi connectivity index (χ3v) is 3.27. The lowest BCUT2D eigenvalue weighted by atomic mass is 9.92. The number of anilines is 1. The maximum Gasteiger partial charge on any atom is 0.239 e. The van der Waals surface area contributed by atoms with Crippen molar-refractivity contribution in [2.75, 3.05) is 11.9 Å². The zero-order valence-electron chi connectivity index (χ0n) is 13.0. The number of nitrogens with two attached hydrogens (primary N) is 1. The molecule has 2 rings (SSSR count). The number of carbonyl (C=O) groups is 1. The minimum absolute atomic E-state index is 0.0518. The molecule has 112 valence electrons. The maximum atomic E-state index is 11.6. The predicted octanol–water partition coefficient (Wildman–Crippen LogP) is 2.38. The molecule has 0 aliphatic heterocycles. The third kappa shape index (κ3) is 3.31. The van der Waals surface area contributed by atoms with Crippen molar-refractivity contribution in [1.29, 1.82) is 0 Å². The number of carbonyl (C=O) groups excluding carboxylic acids is 1. The number of nitrogens with one attached hydrogen (secondary N) is 1. The van der Waals surface area contributed by atoms with Gasteiger partial charge in [0.15, 0.2) is 0 Å². The van der Waals surface area contributed by atoms with Crippen molar-refractivity contribution >= 4 is 11.7 Å². The highest BCUT2D eigenvalue weighted by Gasteiger charge is 2.21. The molecule has 1 amide bonds. The fourth-order valence-electron chi connectivity index (χ4n) is 2.02. The molecule has 0 saturated carbocycles. The Hall–Kier alpha value is -2.14. The molecule has 1 aromatic heterocycles. The van der Waals surface area contributed by atoms with Gasteiger partial charge in [0.2, 0.25) is 5.91 Å². The summed E-state index contributed by atoms with van der Waals surface area (Å²) in [4.78, 5) is 11.6. The highest BCUT2D eigenvalue weighted by atomic mass is 16.1. The number of hydrogen-bond donors (Lipinski definition) is 2. The summed E-state index contributed by atoms with van der Waals surface area (Å²) >= 11 is 0.